The van der Waals surface area contributed by atoms with Crippen LogP contribution in [0, 0.1) is 0 Å². The number of nitrogens with one attached hydrogen (secondary N) is 1. The van der Waals surface area contributed by atoms with E-state index in [1.165, 1.54) is 25.7 Å². The van der Waals surface area contributed by atoms with Crippen molar-refractivity contribution >= 4 is 0 Å². The molecule has 21 heavy (non-hydrogen) atoms. The first-order chi connectivity index (χ1) is 10.2. The third-order valence-electron chi connectivity index (χ3n) is 4.54. The van der Waals surface area contributed by atoms with E-state index in [0.29, 0.717) is 0 Å². The zero-order valence-corrected chi connectivity index (χ0v) is 13.9. The predicted molar refractivity (Wildman–Crippen MR) is 86.3 cm³/mol. The van der Waals surface area contributed by atoms with Gasteiger partial charge in [0.05, 0.1) is 17.3 Å². The molecule has 1 saturated carbocycles. The van der Waals surface area contributed by atoms with Crippen LogP contribution in [0.3, 0.4) is 0 Å². The third-order valence-corrected chi connectivity index (χ3v) is 4.54. The minimum Gasteiger partial charge on any atom is -0.373 e. The summed E-state index contributed by atoms with van der Waals surface area (Å²) in [5.74, 6) is 0. The number of hydrogen-bond donors (Lipinski definition) is 1. The van der Waals surface area contributed by atoms with Crippen LogP contribution in [0.2, 0.25) is 0 Å². The maximum absolute atomic E-state index is 6.36. The van der Waals surface area contributed by atoms with Gasteiger partial charge in [0.25, 0.3) is 0 Å². The summed E-state index contributed by atoms with van der Waals surface area (Å²) >= 11 is 0. The summed E-state index contributed by atoms with van der Waals surface area (Å²) < 4.78 is 8.26. The summed E-state index contributed by atoms with van der Waals surface area (Å²) in [6.07, 6.45) is 10.6. The topological polar surface area (TPSA) is 39.1 Å². The van der Waals surface area contributed by atoms with Crippen LogP contribution in [0.1, 0.15) is 70.5 Å². The monoisotopic (exact) mass is 293 g/mol. The molecular formula is C17H31N3O. The summed E-state index contributed by atoms with van der Waals surface area (Å²) in [7, 11) is 1.99. The maximum atomic E-state index is 6.36. The fraction of sp³-hybridized carbons (Fsp3) is 0.824. The molecule has 1 unspecified atom stereocenters. The van der Waals surface area contributed by atoms with E-state index in [1.807, 2.05) is 17.9 Å². The second-order valence-corrected chi connectivity index (χ2v) is 6.21. The lowest BCUT2D eigenvalue weighted by Gasteiger charge is -2.40. The van der Waals surface area contributed by atoms with Gasteiger partial charge in [-0.3, -0.25) is 4.68 Å². The van der Waals surface area contributed by atoms with Gasteiger partial charge in [-0.25, -0.2) is 0 Å². The van der Waals surface area contributed by atoms with Gasteiger partial charge in [-0.2, -0.15) is 5.10 Å². The van der Waals surface area contributed by atoms with E-state index < -0.39 is 0 Å². The van der Waals surface area contributed by atoms with E-state index in [9.17, 15) is 0 Å². The Morgan fingerprint density at radius 3 is 2.52 bits per heavy atom. The van der Waals surface area contributed by atoms with E-state index in [4.69, 9.17) is 4.74 Å². The van der Waals surface area contributed by atoms with Crippen molar-refractivity contribution in [3.8, 4) is 0 Å². The molecular weight excluding hydrogens is 262 g/mol. The molecule has 1 N–H and O–H groups in total. The largest absolute Gasteiger partial charge is 0.373 e. The van der Waals surface area contributed by atoms with Crippen LogP contribution in [0.4, 0.5) is 0 Å². The molecule has 0 spiro atoms. The highest BCUT2D eigenvalue weighted by Crippen LogP contribution is 2.40. The Hall–Kier alpha value is -0.870. The summed E-state index contributed by atoms with van der Waals surface area (Å²) in [5.41, 5.74) is 1.04. The van der Waals surface area contributed by atoms with Crippen molar-refractivity contribution in [1.82, 2.24) is 15.1 Å². The van der Waals surface area contributed by atoms with Gasteiger partial charge >= 0.3 is 0 Å². The molecule has 0 amide bonds. The van der Waals surface area contributed by atoms with Crippen molar-refractivity contribution in [2.45, 2.75) is 70.4 Å². The Kier molecular flexibility index (Phi) is 6.24. The van der Waals surface area contributed by atoms with Crippen molar-refractivity contribution in [2.75, 3.05) is 13.2 Å². The van der Waals surface area contributed by atoms with Gasteiger partial charge in [0.1, 0.15) is 0 Å². The van der Waals surface area contributed by atoms with E-state index in [0.717, 1.165) is 38.1 Å². The first-order valence-corrected chi connectivity index (χ1v) is 8.58. The van der Waals surface area contributed by atoms with Crippen LogP contribution < -0.4 is 5.32 Å². The van der Waals surface area contributed by atoms with Gasteiger partial charge in [0.2, 0.25) is 0 Å². The molecule has 0 radical (unpaired) electrons. The molecule has 120 valence electrons. The standard InChI is InChI=1S/C17H31N3O/c1-4-13-18-16(15-10-14-20(3)19-15)17(21-5-2)11-8-6-7-9-12-17/h10,14,16,18H,4-9,11-13H2,1-3H3. The van der Waals surface area contributed by atoms with Crippen molar-refractivity contribution in [1.29, 1.82) is 0 Å². The van der Waals surface area contributed by atoms with Crippen molar-refractivity contribution in [3.05, 3.63) is 18.0 Å². The van der Waals surface area contributed by atoms with Gasteiger partial charge in [0, 0.05) is 19.9 Å². The number of aryl methyl sites for hydroxylation is 1. The summed E-state index contributed by atoms with van der Waals surface area (Å²) in [4.78, 5) is 0. The van der Waals surface area contributed by atoms with Gasteiger partial charge in [-0.1, -0.05) is 32.6 Å². The minimum atomic E-state index is -0.0885. The predicted octanol–water partition coefficient (Wildman–Crippen LogP) is 3.59. The molecule has 1 atom stereocenters. The maximum Gasteiger partial charge on any atom is 0.0892 e. The first kappa shape index (κ1) is 16.5. The average molecular weight is 293 g/mol. The number of nitrogens with zero attached hydrogens (tertiary/aromatic N) is 2. The van der Waals surface area contributed by atoms with E-state index >= 15 is 0 Å². The van der Waals surface area contributed by atoms with Gasteiger partial charge in [-0.15, -0.1) is 0 Å². The molecule has 1 heterocycles. The molecule has 2 rings (SSSR count). The normalized spacial score (nSPS) is 20.1. The smallest absolute Gasteiger partial charge is 0.0892 e. The molecule has 1 aliphatic rings. The van der Waals surface area contributed by atoms with Crippen LogP contribution in [0.5, 0.6) is 0 Å². The quantitative estimate of drug-likeness (QED) is 0.781. The van der Waals surface area contributed by atoms with Crippen LogP contribution in [-0.4, -0.2) is 28.5 Å². The highest BCUT2D eigenvalue weighted by Gasteiger charge is 2.41. The Labute approximate surface area is 129 Å². The van der Waals surface area contributed by atoms with Crippen LogP contribution >= 0.6 is 0 Å². The third kappa shape index (κ3) is 4.07. The number of hydrogen-bond acceptors (Lipinski definition) is 3. The second-order valence-electron chi connectivity index (χ2n) is 6.21. The first-order valence-electron chi connectivity index (χ1n) is 8.58. The average Bonchev–Trinajstić information content (AvgIpc) is 2.75. The fourth-order valence-electron chi connectivity index (χ4n) is 3.57. The summed E-state index contributed by atoms with van der Waals surface area (Å²) in [6.45, 7) is 6.11. The van der Waals surface area contributed by atoms with Gasteiger partial charge in [-0.05, 0) is 38.8 Å². The van der Waals surface area contributed by atoms with Crippen molar-refractivity contribution < 1.29 is 4.74 Å². The number of aromatic nitrogens is 2. The number of ether oxygens (including phenoxy) is 1. The van der Waals surface area contributed by atoms with Crippen LogP contribution in [-0.2, 0) is 11.8 Å². The molecule has 0 bridgehead atoms. The van der Waals surface area contributed by atoms with Gasteiger partial charge < -0.3 is 10.1 Å². The molecule has 4 heteroatoms. The summed E-state index contributed by atoms with van der Waals surface area (Å²) in [6, 6.07) is 2.34. The molecule has 4 nitrogen and oxygen atoms in total. The van der Waals surface area contributed by atoms with Crippen LogP contribution in [0.15, 0.2) is 12.3 Å². The molecule has 1 aromatic heterocycles. The molecule has 0 aromatic carbocycles. The van der Waals surface area contributed by atoms with Crippen LogP contribution in [0.25, 0.3) is 0 Å². The Bertz CT molecular complexity index is 408. The lowest BCUT2D eigenvalue weighted by molar-refractivity contribution is -0.0791. The van der Waals surface area contributed by atoms with E-state index in [1.54, 1.807) is 0 Å². The van der Waals surface area contributed by atoms with Gasteiger partial charge in [0.15, 0.2) is 0 Å². The molecule has 1 aliphatic carbocycles. The van der Waals surface area contributed by atoms with Crippen molar-refractivity contribution in [3.63, 3.8) is 0 Å². The van der Waals surface area contributed by atoms with Crippen molar-refractivity contribution in [2.24, 2.45) is 7.05 Å². The van der Waals surface area contributed by atoms with E-state index in [-0.39, 0.29) is 11.6 Å². The molecule has 0 saturated heterocycles. The lowest BCUT2D eigenvalue weighted by Crippen LogP contribution is -2.46. The highest BCUT2D eigenvalue weighted by atomic mass is 16.5. The molecule has 1 aromatic rings. The zero-order valence-electron chi connectivity index (χ0n) is 13.9. The lowest BCUT2D eigenvalue weighted by atomic mass is 9.84. The van der Waals surface area contributed by atoms with E-state index in [2.05, 4.69) is 30.3 Å². The molecule has 1 fully saturated rings. The Morgan fingerprint density at radius 2 is 2.00 bits per heavy atom. The minimum absolute atomic E-state index is 0.0885. The second kappa shape index (κ2) is 7.95. The highest BCUT2D eigenvalue weighted by molar-refractivity contribution is 5.13. The Balaban J connectivity index is 2.28. The zero-order chi connectivity index (χ0) is 15.1. The Morgan fingerprint density at radius 1 is 1.29 bits per heavy atom. The molecule has 0 aliphatic heterocycles. The SMILES string of the molecule is CCCNC(c1ccn(C)n1)C1(OCC)CCCCCC1. The fourth-order valence-corrected chi connectivity index (χ4v) is 3.57. The summed E-state index contributed by atoms with van der Waals surface area (Å²) in [5, 5.41) is 8.39. The number of rotatable bonds is 7.